The third-order valence-electron chi connectivity index (χ3n) is 4.62. The van der Waals surface area contributed by atoms with Crippen molar-refractivity contribution < 1.29 is 13.2 Å². The maximum Gasteiger partial charge on any atom is 0.253 e. The predicted molar refractivity (Wildman–Crippen MR) is 112 cm³/mol. The van der Waals surface area contributed by atoms with Crippen molar-refractivity contribution in [2.45, 2.75) is 18.9 Å². The number of carbonyl (C=O) groups excluding carboxylic acids is 1. The maximum absolute atomic E-state index is 12.3. The lowest BCUT2D eigenvalue weighted by Crippen LogP contribution is -2.25. The van der Waals surface area contributed by atoms with Crippen LogP contribution in [0.4, 0.5) is 5.82 Å². The van der Waals surface area contributed by atoms with E-state index in [9.17, 15) is 13.2 Å². The Balaban J connectivity index is 1.60. The summed E-state index contributed by atoms with van der Waals surface area (Å²) < 4.78 is 24.5. The quantitative estimate of drug-likeness (QED) is 0.592. The van der Waals surface area contributed by atoms with E-state index < -0.39 is 9.84 Å². The number of nitrogens with zero attached hydrogens (tertiary/aromatic N) is 3. The number of anilines is 1. The first-order valence-corrected chi connectivity index (χ1v) is 11.6. The van der Waals surface area contributed by atoms with Crippen molar-refractivity contribution in [3.63, 3.8) is 0 Å². The third-order valence-corrected chi connectivity index (χ3v) is 5.87. The molecule has 2 aromatic heterocycles. The van der Waals surface area contributed by atoms with E-state index in [1.807, 2.05) is 10.5 Å². The first kappa shape index (κ1) is 19.7. The normalized spacial score (nSPS) is 14.1. The van der Waals surface area contributed by atoms with Crippen LogP contribution in [0.3, 0.4) is 0 Å². The molecule has 0 unspecified atom stereocenters. The van der Waals surface area contributed by atoms with E-state index in [0.717, 1.165) is 24.1 Å². The van der Waals surface area contributed by atoms with E-state index >= 15 is 0 Å². The first-order chi connectivity index (χ1) is 13.8. The van der Waals surface area contributed by atoms with Crippen molar-refractivity contribution in [3.8, 4) is 11.3 Å². The number of nitrogens with one attached hydrogen (secondary N) is 2. The zero-order chi connectivity index (χ0) is 20.6. The molecule has 1 amide bonds. The molecule has 10 heteroatoms. The van der Waals surface area contributed by atoms with Gasteiger partial charge in [0.15, 0.2) is 11.5 Å². The molecular formula is C19H20ClN5O3S. The second kappa shape index (κ2) is 7.64. The maximum atomic E-state index is 12.3. The summed E-state index contributed by atoms with van der Waals surface area (Å²) in [4.78, 5) is 20.9. The summed E-state index contributed by atoms with van der Waals surface area (Å²) in [5, 5.41) is 6.32. The molecule has 8 nitrogen and oxygen atoms in total. The number of fused-ring (bicyclic) bond motifs is 1. The van der Waals surface area contributed by atoms with Crippen LogP contribution >= 0.6 is 11.6 Å². The van der Waals surface area contributed by atoms with Crippen molar-refractivity contribution in [1.82, 2.24) is 19.7 Å². The van der Waals surface area contributed by atoms with Crippen LogP contribution in [0.25, 0.3) is 16.9 Å². The number of aromatic nitrogens is 3. The topological polar surface area (TPSA) is 105 Å². The van der Waals surface area contributed by atoms with Gasteiger partial charge in [-0.3, -0.25) is 9.20 Å². The molecule has 0 aliphatic heterocycles. The number of sulfone groups is 1. The van der Waals surface area contributed by atoms with Gasteiger partial charge in [-0.25, -0.2) is 18.4 Å². The third kappa shape index (κ3) is 4.51. The van der Waals surface area contributed by atoms with E-state index in [2.05, 4.69) is 20.6 Å². The van der Waals surface area contributed by atoms with E-state index in [4.69, 9.17) is 11.6 Å². The van der Waals surface area contributed by atoms with Gasteiger partial charge in [-0.05, 0) is 25.0 Å². The number of halogens is 1. The van der Waals surface area contributed by atoms with Crippen LogP contribution in [0.1, 0.15) is 23.2 Å². The summed E-state index contributed by atoms with van der Waals surface area (Å²) in [5.41, 5.74) is 2.60. The number of imidazole rings is 1. The highest BCUT2D eigenvalue weighted by molar-refractivity contribution is 7.90. The number of amides is 1. The van der Waals surface area contributed by atoms with Gasteiger partial charge in [0.05, 0.1) is 28.2 Å². The standard InChI is InChI=1S/C19H20ClN5O3S/c1-29(27,28)9-7-22-17-18-23-11-16(25(18)8-6-21-17)12-2-5-14(15(20)10-12)19(26)24-13-3-4-13/h2,5-6,8,10-11,13H,3-4,7,9H2,1H3,(H,21,22)(H,24,26). The molecule has 1 saturated carbocycles. The monoisotopic (exact) mass is 433 g/mol. The zero-order valence-electron chi connectivity index (χ0n) is 15.7. The van der Waals surface area contributed by atoms with Crippen LogP contribution in [-0.2, 0) is 9.84 Å². The van der Waals surface area contributed by atoms with Gasteiger partial charge in [0.2, 0.25) is 0 Å². The highest BCUT2D eigenvalue weighted by atomic mass is 35.5. The Morgan fingerprint density at radius 2 is 2.10 bits per heavy atom. The number of hydrogen-bond donors (Lipinski definition) is 2. The largest absolute Gasteiger partial charge is 0.366 e. The molecule has 0 bridgehead atoms. The molecule has 1 aliphatic carbocycles. The second-order valence-electron chi connectivity index (χ2n) is 7.11. The average Bonchev–Trinajstić information content (AvgIpc) is 3.35. The SMILES string of the molecule is CS(=O)(=O)CCNc1nccn2c(-c3ccc(C(=O)NC4CC4)c(Cl)c3)cnc12. The Labute approximate surface area is 173 Å². The van der Waals surface area contributed by atoms with Crippen molar-refractivity contribution >= 4 is 38.8 Å². The molecule has 3 aromatic rings. The molecule has 4 rings (SSSR count). The lowest BCUT2D eigenvalue weighted by molar-refractivity contribution is 0.0951. The van der Waals surface area contributed by atoms with Gasteiger partial charge in [-0.15, -0.1) is 0 Å². The molecule has 1 aliphatic rings. The average molecular weight is 434 g/mol. The summed E-state index contributed by atoms with van der Waals surface area (Å²) >= 11 is 6.37. The van der Waals surface area contributed by atoms with Crippen molar-refractivity contribution in [2.75, 3.05) is 23.9 Å². The lowest BCUT2D eigenvalue weighted by Gasteiger charge is -2.09. The fraction of sp³-hybridized carbons (Fsp3) is 0.316. The Bertz CT molecular complexity index is 1190. The van der Waals surface area contributed by atoms with Gasteiger partial charge in [-0.2, -0.15) is 0 Å². The minimum absolute atomic E-state index is 0.00327. The molecule has 0 saturated heterocycles. The summed E-state index contributed by atoms with van der Waals surface area (Å²) in [7, 11) is -3.07. The van der Waals surface area contributed by atoms with E-state index in [-0.39, 0.29) is 24.2 Å². The molecule has 1 fully saturated rings. The Kier molecular flexibility index (Phi) is 5.18. The van der Waals surface area contributed by atoms with Crippen LogP contribution in [0.15, 0.2) is 36.8 Å². The fourth-order valence-electron chi connectivity index (χ4n) is 2.96. The highest BCUT2D eigenvalue weighted by Gasteiger charge is 2.25. The first-order valence-electron chi connectivity index (χ1n) is 9.16. The summed E-state index contributed by atoms with van der Waals surface area (Å²) in [6.45, 7) is 0.240. The molecular weight excluding hydrogens is 414 g/mol. The second-order valence-corrected chi connectivity index (χ2v) is 9.78. The summed E-state index contributed by atoms with van der Waals surface area (Å²) in [5.74, 6) is 0.334. The lowest BCUT2D eigenvalue weighted by atomic mass is 10.1. The number of hydrogen-bond acceptors (Lipinski definition) is 6. The van der Waals surface area contributed by atoms with E-state index in [0.29, 0.717) is 22.1 Å². The minimum Gasteiger partial charge on any atom is -0.366 e. The van der Waals surface area contributed by atoms with Crippen molar-refractivity contribution in [1.29, 1.82) is 0 Å². The molecule has 2 N–H and O–H groups in total. The van der Waals surface area contributed by atoms with E-state index in [1.54, 1.807) is 30.7 Å². The van der Waals surface area contributed by atoms with Crippen LogP contribution in [0, 0.1) is 0 Å². The molecule has 29 heavy (non-hydrogen) atoms. The fourth-order valence-corrected chi connectivity index (χ4v) is 3.70. The van der Waals surface area contributed by atoms with Gasteiger partial charge in [0.25, 0.3) is 5.91 Å². The molecule has 0 atom stereocenters. The van der Waals surface area contributed by atoms with Gasteiger partial charge in [0.1, 0.15) is 9.84 Å². The molecule has 0 spiro atoms. The molecule has 2 heterocycles. The summed E-state index contributed by atoms with van der Waals surface area (Å²) in [6.07, 6.45) is 8.28. The molecule has 1 aromatic carbocycles. The van der Waals surface area contributed by atoms with Crippen LogP contribution in [0.5, 0.6) is 0 Å². The minimum atomic E-state index is -3.07. The number of carbonyl (C=O) groups is 1. The van der Waals surface area contributed by atoms with Gasteiger partial charge < -0.3 is 10.6 Å². The number of rotatable bonds is 7. The Hall–Kier alpha value is -2.65. The van der Waals surface area contributed by atoms with Gasteiger partial charge >= 0.3 is 0 Å². The van der Waals surface area contributed by atoms with Crippen LogP contribution in [-0.4, -0.2) is 53.3 Å². The van der Waals surface area contributed by atoms with Gasteiger partial charge in [-0.1, -0.05) is 17.7 Å². The Morgan fingerprint density at radius 3 is 2.79 bits per heavy atom. The smallest absolute Gasteiger partial charge is 0.253 e. The Morgan fingerprint density at radius 1 is 1.31 bits per heavy atom. The summed E-state index contributed by atoms with van der Waals surface area (Å²) in [6, 6.07) is 5.54. The van der Waals surface area contributed by atoms with Crippen LogP contribution < -0.4 is 10.6 Å². The van der Waals surface area contributed by atoms with Gasteiger partial charge in [0, 0.05) is 36.8 Å². The van der Waals surface area contributed by atoms with Crippen molar-refractivity contribution in [2.24, 2.45) is 0 Å². The van der Waals surface area contributed by atoms with E-state index in [1.165, 1.54) is 6.26 Å². The van der Waals surface area contributed by atoms with Crippen molar-refractivity contribution in [3.05, 3.63) is 47.4 Å². The predicted octanol–water partition coefficient (Wildman–Crippen LogP) is 2.40. The highest BCUT2D eigenvalue weighted by Crippen LogP contribution is 2.28. The number of benzene rings is 1. The molecule has 152 valence electrons. The van der Waals surface area contributed by atoms with Crippen LogP contribution in [0.2, 0.25) is 5.02 Å². The zero-order valence-corrected chi connectivity index (χ0v) is 17.3. The molecule has 0 radical (unpaired) electrons.